The van der Waals surface area contributed by atoms with Crippen LogP contribution in [0, 0.1) is 13.8 Å². The zero-order valence-electron chi connectivity index (χ0n) is 13.2. The first-order valence-corrected chi connectivity index (χ1v) is 7.29. The third-order valence-electron chi connectivity index (χ3n) is 3.10. The van der Waals surface area contributed by atoms with Crippen LogP contribution in [0.1, 0.15) is 36.1 Å². The Morgan fingerprint density at radius 2 is 1.75 bits per heavy atom. The van der Waals surface area contributed by atoms with E-state index in [9.17, 15) is 0 Å². The van der Waals surface area contributed by atoms with Crippen LogP contribution in [-0.4, -0.2) is 43.4 Å². The molecular formula is C15H27N3O2. The van der Waals surface area contributed by atoms with E-state index < -0.39 is 0 Å². The number of rotatable bonds is 10. The molecule has 0 aromatic carbocycles. The van der Waals surface area contributed by atoms with Crippen LogP contribution in [-0.2, 0) is 22.4 Å². The molecule has 0 fully saturated rings. The normalized spacial score (nSPS) is 11.0. The van der Waals surface area contributed by atoms with Gasteiger partial charge in [0.25, 0.3) is 0 Å². The molecule has 1 aromatic rings. The van der Waals surface area contributed by atoms with Gasteiger partial charge >= 0.3 is 0 Å². The summed E-state index contributed by atoms with van der Waals surface area (Å²) in [5.74, 6) is 0.858. The Morgan fingerprint density at radius 1 is 1.05 bits per heavy atom. The summed E-state index contributed by atoms with van der Waals surface area (Å²) in [4.78, 5) is 9.14. The van der Waals surface area contributed by atoms with Gasteiger partial charge in [0.2, 0.25) is 0 Å². The topological polar surface area (TPSA) is 56.3 Å². The van der Waals surface area contributed by atoms with Crippen LogP contribution in [0.3, 0.4) is 0 Å². The Balaban J connectivity index is 2.50. The summed E-state index contributed by atoms with van der Waals surface area (Å²) in [6.07, 6.45) is 1.88. The molecule has 5 nitrogen and oxygen atoms in total. The standard InChI is InChI=1S/C15H27N3O2/c1-5-7-16-11-14-12(2)17-15(18-13(14)3)6-8-20-10-9-19-4/h16H,5-11H2,1-4H3. The summed E-state index contributed by atoms with van der Waals surface area (Å²) in [5.41, 5.74) is 3.34. The molecule has 1 heterocycles. The fraction of sp³-hybridized carbons (Fsp3) is 0.733. The van der Waals surface area contributed by atoms with Gasteiger partial charge in [0, 0.05) is 37.0 Å². The lowest BCUT2D eigenvalue weighted by atomic mass is 10.1. The van der Waals surface area contributed by atoms with E-state index in [0.717, 1.165) is 43.1 Å². The van der Waals surface area contributed by atoms with Crippen molar-refractivity contribution >= 4 is 0 Å². The Kier molecular flexibility index (Phi) is 8.34. The molecule has 1 N–H and O–H groups in total. The molecule has 1 aromatic heterocycles. The van der Waals surface area contributed by atoms with Gasteiger partial charge in [0.1, 0.15) is 5.82 Å². The second-order valence-corrected chi connectivity index (χ2v) is 4.82. The van der Waals surface area contributed by atoms with Crippen molar-refractivity contribution in [1.29, 1.82) is 0 Å². The molecule has 0 unspecified atom stereocenters. The first-order valence-electron chi connectivity index (χ1n) is 7.29. The second-order valence-electron chi connectivity index (χ2n) is 4.82. The summed E-state index contributed by atoms with van der Waals surface area (Å²) >= 11 is 0. The largest absolute Gasteiger partial charge is 0.382 e. The number of aromatic nitrogens is 2. The lowest BCUT2D eigenvalue weighted by molar-refractivity contribution is 0.0716. The Morgan fingerprint density at radius 3 is 2.35 bits per heavy atom. The van der Waals surface area contributed by atoms with E-state index in [1.165, 1.54) is 5.56 Å². The number of aryl methyl sites for hydroxylation is 2. The molecule has 0 bridgehead atoms. The third-order valence-corrected chi connectivity index (χ3v) is 3.10. The predicted molar refractivity (Wildman–Crippen MR) is 79.9 cm³/mol. The molecule has 0 saturated heterocycles. The molecule has 0 aliphatic carbocycles. The van der Waals surface area contributed by atoms with Crippen molar-refractivity contribution in [3.8, 4) is 0 Å². The molecule has 0 aliphatic heterocycles. The molecule has 0 atom stereocenters. The molecule has 5 heteroatoms. The van der Waals surface area contributed by atoms with E-state index in [4.69, 9.17) is 9.47 Å². The van der Waals surface area contributed by atoms with Gasteiger partial charge in [-0.15, -0.1) is 0 Å². The number of hydrogen-bond donors (Lipinski definition) is 1. The summed E-state index contributed by atoms with van der Waals surface area (Å²) in [7, 11) is 1.67. The van der Waals surface area contributed by atoms with Crippen molar-refractivity contribution in [2.24, 2.45) is 0 Å². The van der Waals surface area contributed by atoms with Gasteiger partial charge in [-0.25, -0.2) is 9.97 Å². The lowest BCUT2D eigenvalue weighted by Crippen LogP contribution is -2.18. The van der Waals surface area contributed by atoms with E-state index in [1.807, 2.05) is 13.8 Å². The number of methoxy groups -OCH3 is 1. The van der Waals surface area contributed by atoms with Crippen LogP contribution < -0.4 is 5.32 Å². The fourth-order valence-electron chi connectivity index (χ4n) is 1.97. The smallest absolute Gasteiger partial charge is 0.131 e. The number of nitrogens with one attached hydrogen (secondary N) is 1. The predicted octanol–water partition coefficient (Wildman–Crippen LogP) is 1.80. The molecule has 114 valence electrons. The minimum Gasteiger partial charge on any atom is -0.382 e. The van der Waals surface area contributed by atoms with Gasteiger partial charge in [-0.1, -0.05) is 6.92 Å². The third kappa shape index (κ3) is 5.94. The van der Waals surface area contributed by atoms with Crippen molar-refractivity contribution in [3.63, 3.8) is 0 Å². The Bertz CT molecular complexity index is 374. The van der Waals surface area contributed by atoms with Crippen molar-refractivity contribution in [2.75, 3.05) is 33.5 Å². The monoisotopic (exact) mass is 281 g/mol. The van der Waals surface area contributed by atoms with Crippen molar-refractivity contribution in [1.82, 2.24) is 15.3 Å². The van der Waals surface area contributed by atoms with Crippen LogP contribution in [0.5, 0.6) is 0 Å². The molecule has 20 heavy (non-hydrogen) atoms. The lowest BCUT2D eigenvalue weighted by Gasteiger charge is -2.11. The summed E-state index contributed by atoms with van der Waals surface area (Å²) in [5, 5.41) is 3.40. The zero-order valence-corrected chi connectivity index (χ0v) is 13.2. The maximum atomic E-state index is 5.45. The minimum absolute atomic E-state index is 0.619. The molecule has 0 saturated carbocycles. The number of hydrogen-bond acceptors (Lipinski definition) is 5. The number of nitrogens with zero attached hydrogens (tertiary/aromatic N) is 2. The molecule has 0 amide bonds. The highest BCUT2D eigenvalue weighted by atomic mass is 16.5. The Hall–Kier alpha value is -1.04. The van der Waals surface area contributed by atoms with Gasteiger partial charge < -0.3 is 14.8 Å². The van der Waals surface area contributed by atoms with Gasteiger partial charge in [-0.3, -0.25) is 0 Å². The SMILES string of the molecule is CCCNCc1c(C)nc(CCOCCOC)nc1C. The Labute approximate surface area is 122 Å². The van der Waals surface area contributed by atoms with Crippen molar-refractivity contribution < 1.29 is 9.47 Å². The van der Waals surface area contributed by atoms with Crippen molar-refractivity contribution in [3.05, 3.63) is 22.8 Å². The van der Waals surface area contributed by atoms with E-state index in [2.05, 4.69) is 22.2 Å². The summed E-state index contributed by atoms with van der Waals surface area (Å²) in [6, 6.07) is 0. The van der Waals surface area contributed by atoms with Gasteiger partial charge in [0.05, 0.1) is 19.8 Å². The van der Waals surface area contributed by atoms with E-state index in [-0.39, 0.29) is 0 Å². The maximum absolute atomic E-state index is 5.45. The van der Waals surface area contributed by atoms with E-state index in [1.54, 1.807) is 7.11 Å². The van der Waals surface area contributed by atoms with Crippen LogP contribution in [0.15, 0.2) is 0 Å². The highest BCUT2D eigenvalue weighted by Gasteiger charge is 2.08. The minimum atomic E-state index is 0.619. The van der Waals surface area contributed by atoms with Crippen LogP contribution >= 0.6 is 0 Å². The molecule has 0 spiro atoms. The van der Waals surface area contributed by atoms with Crippen molar-refractivity contribution in [2.45, 2.75) is 40.2 Å². The number of ether oxygens (including phenoxy) is 2. The summed E-state index contributed by atoms with van der Waals surface area (Å²) in [6.45, 7) is 10.0. The van der Waals surface area contributed by atoms with Crippen LogP contribution in [0.4, 0.5) is 0 Å². The first kappa shape index (κ1) is 17.0. The molecule has 0 radical (unpaired) electrons. The zero-order chi connectivity index (χ0) is 14.8. The second kappa shape index (κ2) is 9.80. The highest BCUT2D eigenvalue weighted by Crippen LogP contribution is 2.10. The van der Waals surface area contributed by atoms with Gasteiger partial charge in [0.15, 0.2) is 0 Å². The quantitative estimate of drug-likeness (QED) is 0.663. The van der Waals surface area contributed by atoms with Crippen LogP contribution in [0.2, 0.25) is 0 Å². The van der Waals surface area contributed by atoms with Gasteiger partial charge in [-0.2, -0.15) is 0 Å². The molecule has 0 aliphatic rings. The fourth-order valence-corrected chi connectivity index (χ4v) is 1.97. The van der Waals surface area contributed by atoms with Crippen LogP contribution in [0.25, 0.3) is 0 Å². The average molecular weight is 281 g/mol. The van der Waals surface area contributed by atoms with E-state index in [0.29, 0.717) is 19.8 Å². The highest BCUT2D eigenvalue weighted by molar-refractivity contribution is 5.24. The first-order chi connectivity index (χ1) is 9.69. The van der Waals surface area contributed by atoms with E-state index >= 15 is 0 Å². The van der Waals surface area contributed by atoms with Gasteiger partial charge in [-0.05, 0) is 26.8 Å². The average Bonchev–Trinajstić information content (AvgIpc) is 2.42. The maximum Gasteiger partial charge on any atom is 0.131 e. The summed E-state index contributed by atoms with van der Waals surface area (Å²) < 4.78 is 10.4. The molecule has 1 rings (SSSR count). The molecular weight excluding hydrogens is 254 g/mol.